The fourth-order valence-corrected chi connectivity index (χ4v) is 2.70. The Morgan fingerprint density at radius 2 is 2.05 bits per heavy atom. The van der Waals surface area contributed by atoms with Gasteiger partial charge in [-0.2, -0.15) is 5.26 Å². The third kappa shape index (κ3) is 3.30. The van der Waals surface area contributed by atoms with E-state index >= 15 is 0 Å². The molecule has 0 bridgehead atoms. The van der Waals surface area contributed by atoms with Crippen molar-refractivity contribution >= 4 is 27.2 Å². The van der Waals surface area contributed by atoms with E-state index in [1.54, 1.807) is 11.3 Å². The second-order valence-corrected chi connectivity index (χ2v) is 5.37. The molecule has 0 radical (unpaired) electrons. The monoisotopic (exact) mass is 295 g/mol. The van der Waals surface area contributed by atoms with Crippen LogP contribution in [0.1, 0.15) is 5.56 Å². The number of benzene rings is 2. The lowest BCUT2D eigenvalue weighted by Gasteiger charge is -2.07. The summed E-state index contributed by atoms with van der Waals surface area (Å²) in [6.45, 7) is 0.815. The van der Waals surface area contributed by atoms with Crippen LogP contribution in [0.25, 0.3) is 10.2 Å². The fourth-order valence-electron chi connectivity index (χ4n) is 1.99. The zero-order valence-electron chi connectivity index (χ0n) is 11.2. The van der Waals surface area contributed by atoms with Crippen molar-refractivity contribution in [2.24, 2.45) is 0 Å². The summed E-state index contributed by atoms with van der Waals surface area (Å²) in [5, 5.41) is 11.9. The summed E-state index contributed by atoms with van der Waals surface area (Å²) < 4.78 is 6.41. The van der Waals surface area contributed by atoms with Gasteiger partial charge < -0.3 is 10.1 Å². The quantitative estimate of drug-likeness (QED) is 0.777. The van der Waals surface area contributed by atoms with Crippen LogP contribution >= 0.6 is 11.3 Å². The highest BCUT2D eigenvalue weighted by atomic mass is 32.1. The summed E-state index contributed by atoms with van der Waals surface area (Å²) >= 11 is 1.64. The molecule has 0 aliphatic rings. The van der Waals surface area contributed by atoms with E-state index < -0.39 is 0 Å². The fraction of sp³-hybridized carbons (Fsp3) is 0.125. The van der Waals surface area contributed by atoms with Crippen molar-refractivity contribution in [1.82, 2.24) is 4.98 Å². The average molecular weight is 295 g/mol. The van der Waals surface area contributed by atoms with Crippen molar-refractivity contribution in [2.45, 2.75) is 6.54 Å². The molecule has 1 heterocycles. The van der Waals surface area contributed by atoms with Crippen LogP contribution in [0, 0.1) is 11.3 Å². The molecule has 0 amide bonds. The van der Waals surface area contributed by atoms with Gasteiger partial charge in [0.05, 0.1) is 15.7 Å². The van der Waals surface area contributed by atoms with Gasteiger partial charge in [-0.25, -0.2) is 4.98 Å². The molecular weight excluding hydrogens is 282 g/mol. The number of hydrogen-bond donors (Lipinski definition) is 1. The van der Waals surface area contributed by atoms with Gasteiger partial charge in [0, 0.05) is 12.2 Å². The van der Waals surface area contributed by atoms with Crippen molar-refractivity contribution in [1.29, 1.82) is 5.26 Å². The minimum atomic E-state index is 0.0759. The van der Waals surface area contributed by atoms with Crippen LogP contribution < -0.4 is 10.1 Å². The standard InChI is InChI=1S/C16H13N3OS/c17-7-8-20-14-4-1-12(2-5-14)10-18-13-3-6-15-16(9-13)21-11-19-15/h1-6,9,11,18H,8,10H2. The normalized spacial score (nSPS) is 10.2. The molecule has 0 unspecified atom stereocenters. The molecule has 0 saturated heterocycles. The first-order chi connectivity index (χ1) is 10.3. The Labute approximate surface area is 126 Å². The number of aromatic nitrogens is 1. The number of thiazole rings is 1. The molecular formula is C16H13N3OS. The van der Waals surface area contributed by atoms with E-state index in [1.165, 1.54) is 4.70 Å². The summed E-state index contributed by atoms with van der Waals surface area (Å²) in [6, 6.07) is 15.8. The molecule has 2 aromatic carbocycles. The van der Waals surface area contributed by atoms with Gasteiger partial charge in [0.15, 0.2) is 6.61 Å². The highest BCUT2D eigenvalue weighted by Crippen LogP contribution is 2.22. The van der Waals surface area contributed by atoms with Crippen molar-refractivity contribution in [2.75, 3.05) is 11.9 Å². The number of hydrogen-bond acceptors (Lipinski definition) is 5. The molecule has 3 rings (SSSR count). The van der Waals surface area contributed by atoms with E-state index in [1.807, 2.05) is 48.0 Å². The molecule has 3 aromatic rings. The van der Waals surface area contributed by atoms with E-state index in [4.69, 9.17) is 10.00 Å². The number of fused-ring (bicyclic) bond motifs is 1. The number of anilines is 1. The van der Waals surface area contributed by atoms with E-state index in [0.717, 1.165) is 23.3 Å². The first-order valence-electron chi connectivity index (χ1n) is 6.51. The van der Waals surface area contributed by atoms with Gasteiger partial charge in [-0.05, 0) is 35.9 Å². The predicted molar refractivity (Wildman–Crippen MR) is 84.5 cm³/mol. The first kappa shape index (κ1) is 13.4. The topological polar surface area (TPSA) is 57.9 Å². The predicted octanol–water partition coefficient (Wildman–Crippen LogP) is 3.81. The highest BCUT2D eigenvalue weighted by molar-refractivity contribution is 7.16. The Bertz CT molecular complexity index is 774. The van der Waals surface area contributed by atoms with E-state index in [-0.39, 0.29) is 6.61 Å². The van der Waals surface area contributed by atoms with Crippen molar-refractivity contribution in [3.63, 3.8) is 0 Å². The molecule has 21 heavy (non-hydrogen) atoms. The van der Waals surface area contributed by atoms with E-state index in [9.17, 15) is 0 Å². The second kappa shape index (κ2) is 6.25. The summed E-state index contributed by atoms with van der Waals surface area (Å²) in [7, 11) is 0. The van der Waals surface area contributed by atoms with Gasteiger partial charge in [-0.3, -0.25) is 0 Å². The van der Waals surface area contributed by atoms with Gasteiger partial charge in [-0.1, -0.05) is 12.1 Å². The maximum absolute atomic E-state index is 8.46. The van der Waals surface area contributed by atoms with Gasteiger partial charge >= 0.3 is 0 Å². The molecule has 0 aliphatic heterocycles. The number of ether oxygens (including phenoxy) is 1. The molecule has 1 aromatic heterocycles. The summed E-state index contributed by atoms with van der Waals surface area (Å²) in [5.41, 5.74) is 5.12. The second-order valence-electron chi connectivity index (χ2n) is 4.48. The van der Waals surface area contributed by atoms with E-state index in [0.29, 0.717) is 5.75 Å². The molecule has 0 fully saturated rings. The first-order valence-corrected chi connectivity index (χ1v) is 7.39. The lowest BCUT2D eigenvalue weighted by Crippen LogP contribution is -1.99. The van der Waals surface area contributed by atoms with Gasteiger partial charge in [-0.15, -0.1) is 11.3 Å². The third-order valence-corrected chi connectivity index (χ3v) is 3.85. The molecule has 104 valence electrons. The van der Waals surface area contributed by atoms with Crippen LogP contribution in [0.5, 0.6) is 5.75 Å². The van der Waals surface area contributed by atoms with Gasteiger partial charge in [0.1, 0.15) is 11.8 Å². The number of nitrogens with one attached hydrogen (secondary N) is 1. The lowest BCUT2D eigenvalue weighted by atomic mass is 10.2. The smallest absolute Gasteiger partial charge is 0.174 e. The third-order valence-electron chi connectivity index (χ3n) is 3.05. The minimum absolute atomic E-state index is 0.0759. The molecule has 1 N–H and O–H groups in total. The summed E-state index contributed by atoms with van der Waals surface area (Å²) in [6.07, 6.45) is 0. The molecule has 5 heteroatoms. The number of nitriles is 1. The Balaban J connectivity index is 1.62. The van der Waals surface area contributed by atoms with Crippen LogP contribution in [-0.2, 0) is 6.54 Å². The van der Waals surface area contributed by atoms with Crippen LogP contribution in [0.3, 0.4) is 0 Å². The van der Waals surface area contributed by atoms with Crippen LogP contribution in [0.4, 0.5) is 5.69 Å². The van der Waals surface area contributed by atoms with Crippen molar-refractivity contribution in [3.05, 3.63) is 53.5 Å². The largest absolute Gasteiger partial charge is 0.479 e. The Hall–Kier alpha value is -2.58. The van der Waals surface area contributed by atoms with Crippen LogP contribution in [0.2, 0.25) is 0 Å². The highest BCUT2D eigenvalue weighted by Gasteiger charge is 2.00. The van der Waals surface area contributed by atoms with Crippen molar-refractivity contribution in [3.8, 4) is 11.8 Å². The molecule has 4 nitrogen and oxygen atoms in total. The lowest BCUT2D eigenvalue weighted by molar-refractivity contribution is 0.368. The zero-order valence-corrected chi connectivity index (χ0v) is 12.1. The average Bonchev–Trinajstić information content (AvgIpc) is 2.99. The molecule has 0 spiro atoms. The molecule has 0 atom stereocenters. The van der Waals surface area contributed by atoms with Crippen LogP contribution in [-0.4, -0.2) is 11.6 Å². The molecule has 0 saturated carbocycles. The van der Waals surface area contributed by atoms with Crippen LogP contribution in [0.15, 0.2) is 48.0 Å². The van der Waals surface area contributed by atoms with Crippen molar-refractivity contribution < 1.29 is 4.74 Å². The number of rotatable bonds is 5. The van der Waals surface area contributed by atoms with Gasteiger partial charge in [0.2, 0.25) is 0 Å². The van der Waals surface area contributed by atoms with Gasteiger partial charge in [0.25, 0.3) is 0 Å². The maximum Gasteiger partial charge on any atom is 0.174 e. The Kier molecular flexibility index (Phi) is 3.99. The Morgan fingerprint density at radius 1 is 1.19 bits per heavy atom. The summed E-state index contributed by atoms with van der Waals surface area (Å²) in [4.78, 5) is 4.27. The molecule has 0 aliphatic carbocycles. The number of nitrogens with zero attached hydrogens (tertiary/aromatic N) is 2. The SMILES string of the molecule is N#CCOc1ccc(CNc2ccc3ncsc3c2)cc1. The maximum atomic E-state index is 8.46. The van der Waals surface area contributed by atoms with E-state index in [2.05, 4.69) is 16.4 Å². The zero-order chi connectivity index (χ0) is 14.5. The summed E-state index contributed by atoms with van der Waals surface area (Å²) in [5.74, 6) is 0.714. The minimum Gasteiger partial charge on any atom is -0.479 e. The Morgan fingerprint density at radius 3 is 2.86 bits per heavy atom.